The molecule has 140 valence electrons. The van der Waals surface area contributed by atoms with Crippen molar-refractivity contribution in [2.75, 3.05) is 18.9 Å². The first-order chi connectivity index (χ1) is 12.4. The number of rotatable bonds is 7. The lowest BCUT2D eigenvalue weighted by Crippen LogP contribution is -2.15. The molecule has 0 aliphatic heterocycles. The fourth-order valence-corrected chi connectivity index (χ4v) is 3.25. The van der Waals surface area contributed by atoms with Crippen molar-refractivity contribution in [3.05, 3.63) is 40.0 Å². The van der Waals surface area contributed by atoms with Gasteiger partial charge in [0.1, 0.15) is 27.7 Å². The van der Waals surface area contributed by atoms with Crippen LogP contribution in [0.15, 0.2) is 18.3 Å². The highest BCUT2D eigenvalue weighted by atomic mass is 32.1. The summed E-state index contributed by atoms with van der Waals surface area (Å²) in [6.07, 6.45) is 1.70. The molecule has 0 aliphatic rings. The molecule has 8 nitrogen and oxygen atoms in total. The Labute approximate surface area is 154 Å². The third kappa shape index (κ3) is 4.05. The number of anilines is 1. The van der Waals surface area contributed by atoms with E-state index in [4.69, 9.17) is 19.9 Å². The van der Waals surface area contributed by atoms with E-state index in [0.717, 1.165) is 11.3 Å². The third-order valence-corrected chi connectivity index (χ3v) is 4.52. The summed E-state index contributed by atoms with van der Waals surface area (Å²) in [6.45, 7) is 3.32. The monoisotopic (exact) mass is 380 g/mol. The number of hydrogen-bond donors (Lipinski definition) is 1. The minimum absolute atomic E-state index is 0.0274. The van der Waals surface area contributed by atoms with Gasteiger partial charge in [0.2, 0.25) is 0 Å². The number of carbonyl (C=O) groups excluding carboxylic acids is 3. The third-order valence-electron chi connectivity index (χ3n) is 3.48. The van der Waals surface area contributed by atoms with Crippen LogP contribution in [0.1, 0.15) is 49.9 Å². The number of nitrogen functional groups attached to an aromatic ring is 1. The van der Waals surface area contributed by atoms with E-state index in [2.05, 4.69) is 0 Å². The van der Waals surface area contributed by atoms with Gasteiger partial charge in [-0.05, 0) is 26.0 Å². The fraction of sp³-hybridized carbons (Fsp3) is 0.353. The summed E-state index contributed by atoms with van der Waals surface area (Å²) in [7, 11) is 1.70. The second-order valence-electron chi connectivity index (χ2n) is 5.17. The van der Waals surface area contributed by atoms with Gasteiger partial charge in [0.15, 0.2) is 0 Å². The van der Waals surface area contributed by atoms with Crippen LogP contribution < -0.4 is 5.73 Å². The number of carbonyl (C=O) groups is 3. The van der Waals surface area contributed by atoms with E-state index in [0.29, 0.717) is 5.69 Å². The molecule has 2 N–H and O–H groups in total. The van der Waals surface area contributed by atoms with E-state index in [-0.39, 0.29) is 40.8 Å². The Kier molecular flexibility index (Phi) is 6.40. The number of nitrogens with two attached hydrogens (primary N) is 1. The maximum absolute atomic E-state index is 12.2. The summed E-state index contributed by atoms with van der Waals surface area (Å²) in [6, 6.07) is 3.30. The van der Waals surface area contributed by atoms with Crippen molar-refractivity contribution in [3.8, 4) is 0 Å². The standard InChI is InChI=1S/C17H20N2O6S/c1-4-23-16(21)12-10(13(26-14(12)18)17(22)24-5-2)9-25-15(20)11-7-6-8-19(11)3/h6-8H,4-5,9,18H2,1-3H3. The van der Waals surface area contributed by atoms with Crippen molar-refractivity contribution < 1.29 is 28.6 Å². The highest BCUT2D eigenvalue weighted by Gasteiger charge is 2.28. The van der Waals surface area contributed by atoms with E-state index in [9.17, 15) is 14.4 Å². The first kappa shape index (κ1) is 19.5. The minimum Gasteiger partial charge on any atom is -0.462 e. The number of thiophene rings is 1. The van der Waals surface area contributed by atoms with Crippen molar-refractivity contribution in [2.45, 2.75) is 20.5 Å². The number of hydrogen-bond acceptors (Lipinski definition) is 8. The summed E-state index contributed by atoms with van der Waals surface area (Å²) in [5.41, 5.74) is 6.45. The first-order valence-corrected chi connectivity index (χ1v) is 8.76. The zero-order valence-corrected chi connectivity index (χ0v) is 15.6. The van der Waals surface area contributed by atoms with E-state index >= 15 is 0 Å². The molecular formula is C17H20N2O6S. The summed E-state index contributed by atoms with van der Waals surface area (Å²) < 4.78 is 16.9. The van der Waals surface area contributed by atoms with Crippen LogP contribution in [0.4, 0.5) is 5.00 Å². The molecule has 0 amide bonds. The predicted octanol–water partition coefficient (Wildman–Crippen LogP) is 2.38. The van der Waals surface area contributed by atoms with Crippen LogP contribution >= 0.6 is 11.3 Å². The molecule has 0 bridgehead atoms. The van der Waals surface area contributed by atoms with Crippen LogP contribution in [0.2, 0.25) is 0 Å². The molecule has 2 heterocycles. The van der Waals surface area contributed by atoms with Crippen molar-refractivity contribution in [3.63, 3.8) is 0 Å². The molecule has 0 saturated heterocycles. The fourth-order valence-electron chi connectivity index (χ4n) is 2.30. The quantitative estimate of drug-likeness (QED) is 0.580. The largest absolute Gasteiger partial charge is 0.462 e. The second-order valence-corrected chi connectivity index (χ2v) is 6.22. The van der Waals surface area contributed by atoms with Crippen LogP contribution in [-0.4, -0.2) is 35.7 Å². The number of aromatic nitrogens is 1. The Balaban J connectivity index is 2.33. The Hall–Kier alpha value is -2.81. The smallest absolute Gasteiger partial charge is 0.355 e. The lowest BCUT2D eigenvalue weighted by atomic mass is 10.1. The van der Waals surface area contributed by atoms with Crippen molar-refractivity contribution in [1.82, 2.24) is 4.57 Å². The highest BCUT2D eigenvalue weighted by molar-refractivity contribution is 7.18. The normalized spacial score (nSPS) is 10.4. The summed E-state index contributed by atoms with van der Waals surface area (Å²) >= 11 is 0.901. The SMILES string of the molecule is CCOC(=O)c1sc(N)c(C(=O)OCC)c1COC(=O)c1cccn1C. The average molecular weight is 380 g/mol. The Morgan fingerprint density at radius 3 is 2.31 bits per heavy atom. The number of aryl methyl sites for hydroxylation is 1. The Bertz CT molecular complexity index is 823. The van der Waals surface area contributed by atoms with Gasteiger partial charge in [-0.15, -0.1) is 11.3 Å². The lowest BCUT2D eigenvalue weighted by molar-refractivity contribution is 0.0429. The molecule has 0 atom stereocenters. The van der Waals surface area contributed by atoms with Gasteiger partial charge in [-0.2, -0.15) is 0 Å². The maximum atomic E-state index is 12.2. The Morgan fingerprint density at radius 2 is 1.73 bits per heavy atom. The van der Waals surface area contributed by atoms with Gasteiger partial charge in [-0.1, -0.05) is 0 Å². The predicted molar refractivity (Wildman–Crippen MR) is 95.2 cm³/mol. The molecule has 9 heteroatoms. The molecule has 0 spiro atoms. The molecule has 0 fully saturated rings. The average Bonchev–Trinajstić information content (AvgIpc) is 3.16. The van der Waals surface area contributed by atoms with Gasteiger partial charge in [0, 0.05) is 18.8 Å². The van der Waals surface area contributed by atoms with E-state index in [1.54, 1.807) is 43.8 Å². The molecule has 0 aliphatic carbocycles. The van der Waals surface area contributed by atoms with Gasteiger partial charge < -0.3 is 24.5 Å². The van der Waals surface area contributed by atoms with Crippen molar-refractivity contribution >= 4 is 34.2 Å². The van der Waals surface area contributed by atoms with Crippen LogP contribution in [0.3, 0.4) is 0 Å². The van der Waals surface area contributed by atoms with Gasteiger partial charge in [-0.3, -0.25) is 0 Å². The van der Waals surface area contributed by atoms with E-state index in [1.165, 1.54) is 0 Å². The van der Waals surface area contributed by atoms with Gasteiger partial charge in [0.25, 0.3) is 0 Å². The van der Waals surface area contributed by atoms with Gasteiger partial charge in [0.05, 0.1) is 13.2 Å². The zero-order chi connectivity index (χ0) is 19.3. The molecule has 2 aromatic rings. The second kappa shape index (κ2) is 8.52. The molecule has 0 aromatic carbocycles. The zero-order valence-electron chi connectivity index (χ0n) is 14.7. The van der Waals surface area contributed by atoms with Crippen molar-refractivity contribution in [1.29, 1.82) is 0 Å². The topological polar surface area (TPSA) is 110 Å². The van der Waals surface area contributed by atoms with E-state index < -0.39 is 17.9 Å². The molecule has 2 aromatic heterocycles. The van der Waals surface area contributed by atoms with Crippen molar-refractivity contribution in [2.24, 2.45) is 7.05 Å². The summed E-state index contributed by atoms with van der Waals surface area (Å²) in [5, 5.41) is 0.108. The molecule has 0 unspecified atom stereocenters. The van der Waals surface area contributed by atoms with Crippen LogP contribution in [0.5, 0.6) is 0 Å². The first-order valence-electron chi connectivity index (χ1n) is 7.94. The summed E-state index contributed by atoms with van der Waals surface area (Å²) in [5.74, 6) is -1.90. The van der Waals surface area contributed by atoms with Crippen LogP contribution in [0, 0.1) is 0 Å². The van der Waals surface area contributed by atoms with E-state index in [1.807, 2.05) is 0 Å². The lowest BCUT2D eigenvalue weighted by Gasteiger charge is -2.09. The molecule has 2 rings (SSSR count). The van der Waals surface area contributed by atoms with Crippen LogP contribution in [-0.2, 0) is 27.9 Å². The minimum atomic E-state index is -0.679. The van der Waals surface area contributed by atoms with Gasteiger partial charge in [-0.25, -0.2) is 14.4 Å². The number of nitrogens with zero attached hydrogens (tertiary/aromatic N) is 1. The molecule has 0 saturated carbocycles. The van der Waals surface area contributed by atoms with Gasteiger partial charge >= 0.3 is 17.9 Å². The Morgan fingerprint density at radius 1 is 1.08 bits per heavy atom. The summed E-state index contributed by atoms with van der Waals surface area (Å²) in [4.78, 5) is 36.7. The van der Waals surface area contributed by atoms with Crippen LogP contribution in [0.25, 0.3) is 0 Å². The highest BCUT2D eigenvalue weighted by Crippen LogP contribution is 2.33. The molecule has 0 radical (unpaired) electrons. The molecule has 26 heavy (non-hydrogen) atoms. The maximum Gasteiger partial charge on any atom is 0.355 e. The number of ether oxygens (including phenoxy) is 3. The number of esters is 3. The molecular weight excluding hydrogens is 360 g/mol.